The molecule has 4 aromatic rings. The second-order valence-electron chi connectivity index (χ2n) is 9.17. The number of nitrogens with zero attached hydrogens (tertiary/aromatic N) is 4. The number of amides is 1. The molecular weight excluding hydrogens is 450 g/mol. The highest BCUT2D eigenvalue weighted by atomic mass is 16.5. The van der Waals surface area contributed by atoms with E-state index < -0.39 is 0 Å². The number of hydrogen-bond donors (Lipinski definition) is 1. The van der Waals surface area contributed by atoms with Crippen molar-refractivity contribution in [3.05, 3.63) is 108 Å². The number of benzene rings is 2. The molecule has 184 valence electrons. The van der Waals surface area contributed by atoms with Crippen LogP contribution >= 0.6 is 0 Å². The fourth-order valence-corrected chi connectivity index (χ4v) is 4.47. The third-order valence-corrected chi connectivity index (χ3v) is 6.46. The van der Waals surface area contributed by atoms with Gasteiger partial charge in [-0.25, -0.2) is 0 Å². The van der Waals surface area contributed by atoms with Crippen LogP contribution in [0.3, 0.4) is 0 Å². The van der Waals surface area contributed by atoms with E-state index >= 15 is 0 Å². The lowest BCUT2D eigenvalue weighted by atomic mass is 10.0. The molecule has 2 aromatic carbocycles. The van der Waals surface area contributed by atoms with Gasteiger partial charge < -0.3 is 10.1 Å². The van der Waals surface area contributed by atoms with Crippen LogP contribution in [0, 0.1) is 6.92 Å². The molecule has 7 heteroatoms. The first kappa shape index (κ1) is 23.9. The lowest BCUT2D eigenvalue weighted by Gasteiger charge is -2.31. The molecule has 36 heavy (non-hydrogen) atoms. The Balaban J connectivity index is 1.44. The molecule has 7 nitrogen and oxygen atoms in total. The number of carbonyl (C=O) groups is 1. The summed E-state index contributed by atoms with van der Waals surface area (Å²) in [6.45, 7) is 6.51. The maximum Gasteiger partial charge on any atom is 0.255 e. The van der Waals surface area contributed by atoms with Crippen LogP contribution in [0.4, 0.5) is 0 Å². The Bertz CT molecular complexity index is 1270. The van der Waals surface area contributed by atoms with Crippen LogP contribution in [0.1, 0.15) is 33.1 Å². The molecule has 1 N–H and O–H groups in total. The lowest BCUT2D eigenvalue weighted by molar-refractivity contribution is 0.0332. The zero-order chi connectivity index (χ0) is 24.7. The highest BCUT2D eigenvalue weighted by Gasteiger charge is 2.24. The molecule has 0 aliphatic carbocycles. The van der Waals surface area contributed by atoms with E-state index in [1.165, 1.54) is 5.56 Å². The number of carbonyl (C=O) groups excluding carboxylic acids is 1. The summed E-state index contributed by atoms with van der Waals surface area (Å²) >= 11 is 0. The van der Waals surface area contributed by atoms with E-state index in [0.717, 1.165) is 36.3 Å². The first-order valence-corrected chi connectivity index (χ1v) is 12.3. The fraction of sp³-hybridized carbons (Fsp3) is 0.276. The number of aromatic nitrogens is 3. The first-order valence-electron chi connectivity index (χ1n) is 12.3. The molecule has 2 aromatic heterocycles. The van der Waals surface area contributed by atoms with Crippen molar-refractivity contribution in [2.24, 2.45) is 0 Å². The van der Waals surface area contributed by atoms with Gasteiger partial charge in [-0.3, -0.25) is 19.4 Å². The minimum atomic E-state index is -0.157. The van der Waals surface area contributed by atoms with Crippen molar-refractivity contribution in [2.75, 3.05) is 32.8 Å². The summed E-state index contributed by atoms with van der Waals surface area (Å²) in [5, 5.41) is 8.10. The monoisotopic (exact) mass is 481 g/mol. The molecule has 0 saturated carbocycles. The number of ether oxygens (including phenoxy) is 1. The molecule has 1 atom stereocenters. The predicted molar refractivity (Wildman–Crippen MR) is 140 cm³/mol. The Morgan fingerprint density at radius 3 is 2.53 bits per heavy atom. The Labute approximate surface area is 211 Å². The second-order valence-corrected chi connectivity index (χ2v) is 9.17. The standard InChI is InChI=1S/C29H31N5O2/c1-22-9-11-24(12-10-22)27(21-33-14-16-36-17-15-33)31-29(35)26-20-34(19-23-6-3-2-4-7-23)32-28(26)25-8-5-13-30-18-25/h2-13,18,20,27H,14-17,19,21H2,1H3,(H,31,35)/t27-/m1/s1. The summed E-state index contributed by atoms with van der Waals surface area (Å²) in [6, 6.07) is 22.1. The Kier molecular flexibility index (Phi) is 7.50. The van der Waals surface area contributed by atoms with E-state index in [0.29, 0.717) is 31.0 Å². The minimum Gasteiger partial charge on any atom is -0.379 e. The van der Waals surface area contributed by atoms with Crippen LogP contribution in [-0.4, -0.2) is 58.4 Å². The number of morpholine rings is 1. The van der Waals surface area contributed by atoms with Gasteiger partial charge in [-0.1, -0.05) is 60.2 Å². The van der Waals surface area contributed by atoms with Crippen LogP contribution in [0.5, 0.6) is 0 Å². The van der Waals surface area contributed by atoms with E-state index in [2.05, 4.69) is 58.5 Å². The third kappa shape index (κ3) is 5.87. The number of nitrogens with one attached hydrogen (secondary N) is 1. The predicted octanol–water partition coefficient (Wildman–Crippen LogP) is 4.11. The maximum atomic E-state index is 13.8. The molecule has 3 heterocycles. The van der Waals surface area contributed by atoms with Gasteiger partial charge in [-0.05, 0) is 30.2 Å². The van der Waals surface area contributed by atoms with Crippen molar-refractivity contribution in [3.63, 3.8) is 0 Å². The maximum absolute atomic E-state index is 13.8. The Morgan fingerprint density at radius 2 is 1.81 bits per heavy atom. The average Bonchev–Trinajstić information content (AvgIpc) is 3.34. The quantitative estimate of drug-likeness (QED) is 0.410. The smallest absolute Gasteiger partial charge is 0.255 e. The summed E-state index contributed by atoms with van der Waals surface area (Å²) in [5.74, 6) is -0.146. The molecule has 1 saturated heterocycles. The molecule has 1 amide bonds. The molecule has 1 fully saturated rings. The largest absolute Gasteiger partial charge is 0.379 e. The Morgan fingerprint density at radius 1 is 1.03 bits per heavy atom. The Hall–Kier alpha value is -3.81. The number of rotatable bonds is 8. The molecule has 1 aliphatic rings. The van der Waals surface area contributed by atoms with Gasteiger partial charge in [0.05, 0.1) is 31.4 Å². The van der Waals surface area contributed by atoms with Gasteiger partial charge in [0.2, 0.25) is 0 Å². The van der Waals surface area contributed by atoms with Crippen molar-refractivity contribution in [2.45, 2.75) is 19.5 Å². The number of pyridine rings is 1. The average molecular weight is 482 g/mol. The van der Waals surface area contributed by atoms with E-state index in [4.69, 9.17) is 9.84 Å². The summed E-state index contributed by atoms with van der Waals surface area (Å²) < 4.78 is 7.35. The minimum absolute atomic E-state index is 0.146. The molecular formula is C29H31N5O2. The van der Waals surface area contributed by atoms with Crippen molar-refractivity contribution in [3.8, 4) is 11.3 Å². The van der Waals surface area contributed by atoms with Crippen LogP contribution in [0.2, 0.25) is 0 Å². The van der Waals surface area contributed by atoms with Gasteiger partial charge in [0.15, 0.2) is 0 Å². The normalized spacial score (nSPS) is 14.9. The summed E-state index contributed by atoms with van der Waals surface area (Å²) in [6.07, 6.45) is 5.31. The highest BCUT2D eigenvalue weighted by molar-refractivity contribution is 6.00. The molecule has 0 bridgehead atoms. The molecule has 0 unspecified atom stereocenters. The topological polar surface area (TPSA) is 72.3 Å². The zero-order valence-electron chi connectivity index (χ0n) is 20.5. The summed E-state index contributed by atoms with van der Waals surface area (Å²) in [7, 11) is 0. The van der Waals surface area contributed by atoms with Gasteiger partial charge in [0.1, 0.15) is 5.69 Å². The van der Waals surface area contributed by atoms with Crippen molar-refractivity contribution in [1.82, 2.24) is 25.0 Å². The molecule has 0 radical (unpaired) electrons. The van der Waals surface area contributed by atoms with Crippen LogP contribution < -0.4 is 5.32 Å². The van der Waals surface area contributed by atoms with Gasteiger partial charge in [-0.15, -0.1) is 0 Å². The SMILES string of the molecule is Cc1ccc([C@@H](CN2CCOCC2)NC(=O)c2cn(Cc3ccccc3)nc2-c2cccnc2)cc1. The third-order valence-electron chi connectivity index (χ3n) is 6.46. The van der Waals surface area contributed by atoms with Crippen LogP contribution in [0.25, 0.3) is 11.3 Å². The zero-order valence-corrected chi connectivity index (χ0v) is 20.5. The van der Waals surface area contributed by atoms with Gasteiger partial charge in [0.25, 0.3) is 5.91 Å². The summed E-state index contributed by atoms with van der Waals surface area (Å²) in [5.41, 5.74) is 5.38. The molecule has 1 aliphatic heterocycles. The van der Waals surface area contributed by atoms with E-state index in [1.807, 2.05) is 41.2 Å². The van der Waals surface area contributed by atoms with Gasteiger partial charge in [-0.2, -0.15) is 5.10 Å². The van der Waals surface area contributed by atoms with E-state index in [-0.39, 0.29) is 11.9 Å². The van der Waals surface area contributed by atoms with Crippen molar-refractivity contribution >= 4 is 5.91 Å². The second kappa shape index (κ2) is 11.3. The molecule has 0 spiro atoms. The van der Waals surface area contributed by atoms with Crippen LogP contribution in [-0.2, 0) is 11.3 Å². The van der Waals surface area contributed by atoms with Crippen molar-refractivity contribution in [1.29, 1.82) is 0 Å². The van der Waals surface area contributed by atoms with E-state index in [9.17, 15) is 4.79 Å². The summed E-state index contributed by atoms with van der Waals surface area (Å²) in [4.78, 5) is 20.4. The number of aryl methyl sites for hydroxylation is 1. The highest BCUT2D eigenvalue weighted by Crippen LogP contribution is 2.24. The lowest BCUT2D eigenvalue weighted by Crippen LogP contribution is -2.43. The molecule has 5 rings (SSSR count). The fourth-order valence-electron chi connectivity index (χ4n) is 4.47. The van der Waals surface area contributed by atoms with E-state index in [1.54, 1.807) is 12.4 Å². The first-order chi connectivity index (χ1) is 17.7. The van der Waals surface area contributed by atoms with Gasteiger partial charge >= 0.3 is 0 Å². The van der Waals surface area contributed by atoms with Crippen LogP contribution in [0.15, 0.2) is 85.3 Å². The van der Waals surface area contributed by atoms with Gasteiger partial charge in [0, 0.05) is 43.8 Å². The number of hydrogen-bond acceptors (Lipinski definition) is 5. The van der Waals surface area contributed by atoms with Crippen molar-refractivity contribution < 1.29 is 9.53 Å².